The lowest BCUT2D eigenvalue weighted by Gasteiger charge is -2.33. The van der Waals surface area contributed by atoms with Gasteiger partial charge >= 0.3 is 0 Å². The van der Waals surface area contributed by atoms with Crippen molar-refractivity contribution in [2.24, 2.45) is 10.8 Å². The molecule has 20 heavy (non-hydrogen) atoms. The molecule has 0 fully saturated rings. The predicted octanol–water partition coefficient (Wildman–Crippen LogP) is 7.54. The van der Waals surface area contributed by atoms with E-state index >= 15 is 0 Å². The van der Waals surface area contributed by atoms with Crippen molar-refractivity contribution in [3.8, 4) is 0 Å². The molecule has 0 aromatic rings. The molecule has 1 heteroatoms. The highest BCUT2D eigenvalue weighted by molar-refractivity contribution is 14.0. The minimum absolute atomic E-state index is 0. The molecule has 0 spiro atoms. The summed E-state index contributed by atoms with van der Waals surface area (Å²) in [5, 5.41) is 0. The summed E-state index contributed by atoms with van der Waals surface area (Å²) in [6, 6.07) is 0. The standard InChI is InChI=1S/C17H30.C2H6.HI/c1-7-17(6,8-2)13-11-15-14(3)10-9-12-16(15,4)5;1-2;/h11,13H,7-10,12H2,1-6H3;1-2H3;1H/b13-11+;;. The van der Waals surface area contributed by atoms with Crippen LogP contribution < -0.4 is 0 Å². The minimum Gasteiger partial charge on any atom is -0.107 e. The molecule has 1 aliphatic rings. The summed E-state index contributed by atoms with van der Waals surface area (Å²) in [5.74, 6) is 0. The van der Waals surface area contributed by atoms with Gasteiger partial charge in [0, 0.05) is 0 Å². The third-order valence-corrected chi connectivity index (χ3v) is 4.81. The molecule has 1 rings (SSSR count). The second kappa shape index (κ2) is 10.0. The zero-order chi connectivity index (χ0) is 15.1. The summed E-state index contributed by atoms with van der Waals surface area (Å²) in [7, 11) is 0. The van der Waals surface area contributed by atoms with Crippen molar-refractivity contribution in [2.45, 2.75) is 87.5 Å². The molecule has 0 saturated heterocycles. The second-order valence-electron chi connectivity index (χ2n) is 6.63. The molecule has 0 aromatic heterocycles. The predicted molar refractivity (Wildman–Crippen MR) is 105 cm³/mol. The van der Waals surface area contributed by atoms with E-state index in [9.17, 15) is 0 Å². The molecule has 0 saturated carbocycles. The Balaban J connectivity index is 0. The third kappa shape index (κ3) is 6.32. The monoisotopic (exact) mass is 392 g/mol. The van der Waals surface area contributed by atoms with Gasteiger partial charge in [-0.3, -0.25) is 0 Å². The van der Waals surface area contributed by atoms with Crippen LogP contribution in [0, 0.1) is 10.8 Å². The molecule has 0 N–H and O–H groups in total. The summed E-state index contributed by atoms with van der Waals surface area (Å²) < 4.78 is 0. The van der Waals surface area contributed by atoms with Gasteiger partial charge in [0.15, 0.2) is 0 Å². The van der Waals surface area contributed by atoms with Crippen molar-refractivity contribution in [1.82, 2.24) is 0 Å². The minimum atomic E-state index is 0. The van der Waals surface area contributed by atoms with Gasteiger partial charge in [0.1, 0.15) is 0 Å². The normalized spacial score (nSPS) is 18.4. The van der Waals surface area contributed by atoms with Crippen molar-refractivity contribution < 1.29 is 0 Å². The average Bonchev–Trinajstić information content (AvgIpc) is 2.39. The largest absolute Gasteiger partial charge is 0.107 e. The van der Waals surface area contributed by atoms with Crippen molar-refractivity contribution in [1.29, 1.82) is 0 Å². The summed E-state index contributed by atoms with van der Waals surface area (Å²) in [6.45, 7) is 18.1. The van der Waals surface area contributed by atoms with Gasteiger partial charge in [0.2, 0.25) is 0 Å². The van der Waals surface area contributed by atoms with E-state index in [4.69, 9.17) is 0 Å². The molecular formula is C19H37I. The highest BCUT2D eigenvalue weighted by atomic mass is 127. The molecule has 0 aliphatic heterocycles. The Labute approximate surface area is 145 Å². The van der Waals surface area contributed by atoms with Gasteiger partial charge in [-0.2, -0.15) is 0 Å². The average molecular weight is 392 g/mol. The van der Waals surface area contributed by atoms with Crippen LogP contribution in [0.4, 0.5) is 0 Å². The Bertz CT molecular complexity index is 317. The first-order valence-electron chi connectivity index (χ1n) is 8.24. The van der Waals surface area contributed by atoms with Gasteiger partial charge in [0.25, 0.3) is 0 Å². The van der Waals surface area contributed by atoms with E-state index in [2.05, 4.69) is 53.7 Å². The Morgan fingerprint density at radius 2 is 1.65 bits per heavy atom. The van der Waals surface area contributed by atoms with Gasteiger partial charge in [-0.1, -0.05) is 66.2 Å². The Hall–Kier alpha value is 0.210. The highest BCUT2D eigenvalue weighted by Gasteiger charge is 2.27. The van der Waals surface area contributed by atoms with E-state index in [1.54, 1.807) is 11.1 Å². The number of halogens is 1. The maximum atomic E-state index is 2.46. The summed E-state index contributed by atoms with van der Waals surface area (Å²) >= 11 is 0. The van der Waals surface area contributed by atoms with E-state index in [1.807, 2.05) is 13.8 Å². The van der Waals surface area contributed by atoms with E-state index in [1.165, 1.54) is 32.1 Å². The smallest absolute Gasteiger partial charge is 0.0104 e. The van der Waals surface area contributed by atoms with Gasteiger partial charge in [-0.25, -0.2) is 0 Å². The summed E-state index contributed by atoms with van der Waals surface area (Å²) in [5.41, 5.74) is 3.95. The van der Waals surface area contributed by atoms with Gasteiger partial charge < -0.3 is 0 Å². The number of allylic oxidation sites excluding steroid dienone is 4. The zero-order valence-corrected chi connectivity index (χ0v) is 17.4. The fraction of sp³-hybridized carbons (Fsp3) is 0.789. The summed E-state index contributed by atoms with van der Waals surface area (Å²) in [4.78, 5) is 0. The van der Waals surface area contributed by atoms with Crippen LogP contribution in [0.15, 0.2) is 23.3 Å². The number of rotatable bonds is 4. The third-order valence-electron chi connectivity index (χ3n) is 4.81. The molecule has 0 unspecified atom stereocenters. The molecule has 0 heterocycles. The Kier molecular flexibility index (Phi) is 11.3. The van der Waals surface area contributed by atoms with Crippen LogP contribution >= 0.6 is 24.0 Å². The maximum absolute atomic E-state index is 2.46. The Morgan fingerprint density at radius 1 is 1.15 bits per heavy atom. The summed E-state index contributed by atoms with van der Waals surface area (Å²) in [6.07, 6.45) is 11.3. The first-order valence-corrected chi connectivity index (χ1v) is 8.24. The van der Waals surface area contributed by atoms with Gasteiger partial charge in [0.05, 0.1) is 0 Å². The molecule has 0 amide bonds. The highest BCUT2D eigenvalue weighted by Crippen LogP contribution is 2.41. The van der Waals surface area contributed by atoms with Crippen LogP contribution in [-0.2, 0) is 0 Å². The fourth-order valence-corrected chi connectivity index (χ4v) is 2.78. The lowest BCUT2D eigenvalue weighted by atomic mass is 9.71. The molecule has 0 atom stereocenters. The topological polar surface area (TPSA) is 0 Å². The van der Waals surface area contributed by atoms with Crippen LogP contribution in [0.5, 0.6) is 0 Å². The van der Waals surface area contributed by atoms with Crippen LogP contribution in [-0.4, -0.2) is 0 Å². The lowest BCUT2D eigenvalue weighted by Crippen LogP contribution is -2.20. The molecule has 0 bridgehead atoms. The molecule has 1 aliphatic carbocycles. The van der Waals surface area contributed by atoms with Crippen molar-refractivity contribution in [2.75, 3.05) is 0 Å². The van der Waals surface area contributed by atoms with Crippen LogP contribution in [0.1, 0.15) is 87.5 Å². The van der Waals surface area contributed by atoms with Crippen molar-refractivity contribution in [3.63, 3.8) is 0 Å². The molecule has 0 nitrogen and oxygen atoms in total. The number of hydrogen-bond donors (Lipinski definition) is 0. The molecule has 0 aromatic carbocycles. The first-order chi connectivity index (χ1) is 8.84. The first kappa shape index (κ1) is 22.5. The lowest BCUT2D eigenvalue weighted by molar-refractivity contribution is 0.370. The number of hydrogen-bond acceptors (Lipinski definition) is 0. The zero-order valence-electron chi connectivity index (χ0n) is 15.1. The quantitative estimate of drug-likeness (QED) is 0.434. The maximum Gasteiger partial charge on any atom is -0.0104 e. The van der Waals surface area contributed by atoms with Gasteiger partial charge in [-0.05, 0) is 55.4 Å². The van der Waals surface area contributed by atoms with E-state index < -0.39 is 0 Å². The second-order valence-corrected chi connectivity index (χ2v) is 6.63. The van der Waals surface area contributed by atoms with E-state index in [0.29, 0.717) is 10.8 Å². The molecular weight excluding hydrogens is 355 g/mol. The van der Waals surface area contributed by atoms with E-state index in [-0.39, 0.29) is 24.0 Å². The Morgan fingerprint density at radius 3 is 2.05 bits per heavy atom. The molecule has 120 valence electrons. The SMILES string of the molecule is CC.CCC(C)(/C=C/C1=C(C)CCCC1(C)C)CC.I. The van der Waals surface area contributed by atoms with Crippen LogP contribution in [0.3, 0.4) is 0 Å². The van der Waals surface area contributed by atoms with Crippen LogP contribution in [0.25, 0.3) is 0 Å². The van der Waals surface area contributed by atoms with Crippen LogP contribution in [0.2, 0.25) is 0 Å². The van der Waals surface area contributed by atoms with Crippen molar-refractivity contribution in [3.05, 3.63) is 23.3 Å². The van der Waals surface area contributed by atoms with E-state index in [0.717, 1.165) is 0 Å². The van der Waals surface area contributed by atoms with Gasteiger partial charge in [-0.15, -0.1) is 24.0 Å². The van der Waals surface area contributed by atoms with Crippen molar-refractivity contribution >= 4 is 24.0 Å². The molecule has 0 radical (unpaired) electrons. The fourth-order valence-electron chi connectivity index (χ4n) is 2.78.